The molecule has 1 rings (SSSR count). The van der Waals surface area contributed by atoms with Crippen LogP contribution in [0.3, 0.4) is 0 Å². The van der Waals surface area contributed by atoms with E-state index in [0.29, 0.717) is 11.7 Å². The number of halogens is 2. The summed E-state index contributed by atoms with van der Waals surface area (Å²) in [5, 5.41) is 2.84. The molecule has 0 bridgehead atoms. The van der Waals surface area contributed by atoms with Crippen molar-refractivity contribution < 1.29 is 13.5 Å². The molecule has 1 heterocycles. The Kier molecular flexibility index (Phi) is 6.29. The van der Waals surface area contributed by atoms with Gasteiger partial charge in [0.15, 0.2) is 6.61 Å². The quantitative estimate of drug-likeness (QED) is 0.825. The Balaban J connectivity index is 2.50. The molecule has 5 heteroatoms. The maximum atomic E-state index is 13.8. The number of ether oxygens (including phenoxy) is 1. The number of aromatic nitrogens is 1. The normalized spacial score (nSPS) is 14.2. The molecule has 0 saturated carbocycles. The van der Waals surface area contributed by atoms with Crippen LogP contribution in [0, 0.1) is 5.92 Å². The minimum Gasteiger partial charge on any atom is -0.486 e. The summed E-state index contributed by atoms with van der Waals surface area (Å²) >= 11 is 0. The van der Waals surface area contributed by atoms with Crippen LogP contribution in [0.25, 0.3) is 0 Å². The zero-order valence-corrected chi connectivity index (χ0v) is 14.4. The monoisotopic (exact) mass is 314 g/mol. The molecule has 1 aromatic heterocycles. The molecule has 0 spiro atoms. The first-order chi connectivity index (χ1) is 10.0. The molecule has 3 nitrogen and oxygen atoms in total. The van der Waals surface area contributed by atoms with E-state index in [-0.39, 0.29) is 18.0 Å². The predicted octanol–water partition coefficient (Wildman–Crippen LogP) is 4.03. The van der Waals surface area contributed by atoms with Gasteiger partial charge in [-0.2, -0.15) is 0 Å². The zero-order chi connectivity index (χ0) is 17.0. The molecule has 1 atom stereocenters. The van der Waals surface area contributed by atoms with Crippen molar-refractivity contribution in [2.24, 2.45) is 5.92 Å². The van der Waals surface area contributed by atoms with Crippen molar-refractivity contribution in [1.82, 2.24) is 10.3 Å². The average Bonchev–Trinajstić information content (AvgIpc) is 2.42. The Morgan fingerprint density at radius 1 is 1.18 bits per heavy atom. The summed E-state index contributed by atoms with van der Waals surface area (Å²) in [6, 6.07) is 3.54. The third kappa shape index (κ3) is 6.26. The Hall–Kier alpha value is -1.23. The van der Waals surface area contributed by atoms with Gasteiger partial charge in [0.2, 0.25) is 0 Å². The van der Waals surface area contributed by atoms with E-state index in [2.05, 4.69) is 10.3 Å². The summed E-state index contributed by atoms with van der Waals surface area (Å²) < 4.78 is 32.8. The smallest absolute Gasteiger partial charge is 0.293 e. The van der Waals surface area contributed by atoms with E-state index in [1.807, 2.05) is 47.6 Å². The number of nitrogens with one attached hydrogen (secondary N) is 1. The van der Waals surface area contributed by atoms with Crippen LogP contribution in [-0.4, -0.2) is 30.1 Å². The number of rotatable bonds is 7. The largest absolute Gasteiger partial charge is 0.486 e. The highest BCUT2D eigenvalue weighted by Gasteiger charge is 2.30. The Morgan fingerprint density at radius 2 is 1.82 bits per heavy atom. The van der Waals surface area contributed by atoms with Crippen LogP contribution < -0.4 is 10.1 Å². The number of pyridine rings is 1. The molecule has 0 aromatic carbocycles. The van der Waals surface area contributed by atoms with Gasteiger partial charge in [0.05, 0.1) is 12.7 Å². The molecule has 0 aliphatic rings. The molecule has 1 aromatic rings. The van der Waals surface area contributed by atoms with Gasteiger partial charge in [-0.25, -0.2) is 8.78 Å². The molecule has 0 radical (unpaired) electrons. The number of hydrogen-bond acceptors (Lipinski definition) is 3. The van der Waals surface area contributed by atoms with Gasteiger partial charge in [-0.1, -0.05) is 34.6 Å². The minimum absolute atomic E-state index is 0.0404. The fourth-order valence-electron chi connectivity index (χ4n) is 1.70. The SMILES string of the molecule is CC(C)[C@H](C)NCC(F)(F)COc1ccc(C(C)(C)C)nc1. The highest BCUT2D eigenvalue weighted by Crippen LogP contribution is 2.22. The average molecular weight is 314 g/mol. The van der Waals surface area contributed by atoms with Gasteiger partial charge < -0.3 is 10.1 Å². The maximum absolute atomic E-state index is 13.8. The molecular formula is C17H28F2N2O. The number of nitrogens with zero attached hydrogens (tertiary/aromatic N) is 1. The maximum Gasteiger partial charge on any atom is 0.293 e. The molecule has 126 valence electrons. The molecule has 0 fully saturated rings. The summed E-state index contributed by atoms with van der Waals surface area (Å²) in [5.74, 6) is -2.23. The lowest BCUT2D eigenvalue weighted by Crippen LogP contribution is -2.43. The van der Waals surface area contributed by atoms with Crippen LogP contribution in [0.2, 0.25) is 0 Å². The lowest BCUT2D eigenvalue weighted by molar-refractivity contribution is -0.0413. The van der Waals surface area contributed by atoms with Crippen molar-refractivity contribution in [3.05, 3.63) is 24.0 Å². The topological polar surface area (TPSA) is 34.1 Å². The molecular weight excluding hydrogens is 286 g/mol. The van der Waals surface area contributed by atoms with E-state index in [4.69, 9.17) is 4.74 Å². The van der Waals surface area contributed by atoms with E-state index >= 15 is 0 Å². The van der Waals surface area contributed by atoms with Crippen molar-refractivity contribution >= 4 is 0 Å². The van der Waals surface area contributed by atoms with Crippen LogP contribution in [-0.2, 0) is 5.41 Å². The van der Waals surface area contributed by atoms with Crippen LogP contribution in [0.1, 0.15) is 47.2 Å². The molecule has 0 aliphatic heterocycles. The van der Waals surface area contributed by atoms with E-state index in [9.17, 15) is 8.78 Å². The summed E-state index contributed by atoms with van der Waals surface area (Å²) in [6.45, 7) is 11.0. The minimum atomic E-state index is -2.91. The highest BCUT2D eigenvalue weighted by atomic mass is 19.3. The van der Waals surface area contributed by atoms with Crippen LogP contribution in [0.15, 0.2) is 18.3 Å². The van der Waals surface area contributed by atoms with Crippen molar-refractivity contribution in [2.75, 3.05) is 13.2 Å². The van der Waals surface area contributed by atoms with E-state index in [1.165, 1.54) is 6.20 Å². The third-order valence-corrected chi connectivity index (χ3v) is 3.64. The van der Waals surface area contributed by atoms with E-state index in [0.717, 1.165) is 5.69 Å². The van der Waals surface area contributed by atoms with Crippen molar-refractivity contribution in [1.29, 1.82) is 0 Å². The van der Waals surface area contributed by atoms with Crippen molar-refractivity contribution in [2.45, 2.75) is 58.9 Å². The first-order valence-corrected chi connectivity index (χ1v) is 7.72. The molecule has 22 heavy (non-hydrogen) atoms. The number of alkyl halides is 2. The molecule has 0 saturated heterocycles. The Morgan fingerprint density at radius 3 is 2.27 bits per heavy atom. The van der Waals surface area contributed by atoms with Crippen molar-refractivity contribution in [3.63, 3.8) is 0 Å². The highest BCUT2D eigenvalue weighted by molar-refractivity contribution is 5.23. The second-order valence-electron chi connectivity index (χ2n) is 7.19. The second-order valence-corrected chi connectivity index (χ2v) is 7.19. The lowest BCUT2D eigenvalue weighted by atomic mass is 9.92. The van der Waals surface area contributed by atoms with Gasteiger partial charge in [0.1, 0.15) is 5.75 Å². The number of hydrogen-bond donors (Lipinski definition) is 1. The van der Waals surface area contributed by atoms with Gasteiger partial charge in [0, 0.05) is 17.2 Å². The standard InChI is InChI=1S/C17H28F2N2O/c1-12(2)13(3)21-10-17(18,19)11-22-14-7-8-15(20-9-14)16(4,5)6/h7-9,12-13,21H,10-11H2,1-6H3/t13-/m0/s1. The zero-order valence-electron chi connectivity index (χ0n) is 14.4. The first-order valence-electron chi connectivity index (χ1n) is 7.72. The van der Waals surface area contributed by atoms with E-state index < -0.39 is 12.5 Å². The van der Waals surface area contributed by atoms with Crippen molar-refractivity contribution in [3.8, 4) is 5.75 Å². The van der Waals surface area contributed by atoms with Crippen LogP contribution >= 0.6 is 0 Å². The summed E-state index contributed by atoms with van der Waals surface area (Å²) in [7, 11) is 0. The lowest BCUT2D eigenvalue weighted by Gasteiger charge is -2.23. The van der Waals surface area contributed by atoms with Gasteiger partial charge in [0.25, 0.3) is 5.92 Å². The molecule has 1 N–H and O–H groups in total. The summed E-state index contributed by atoms with van der Waals surface area (Å²) in [4.78, 5) is 4.26. The Labute approximate surface area is 132 Å². The predicted molar refractivity (Wildman–Crippen MR) is 85.7 cm³/mol. The van der Waals surface area contributed by atoms with Gasteiger partial charge in [-0.15, -0.1) is 0 Å². The van der Waals surface area contributed by atoms with Gasteiger partial charge in [-0.3, -0.25) is 4.98 Å². The fraction of sp³-hybridized carbons (Fsp3) is 0.706. The molecule has 0 unspecified atom stereocenters. The van der Waals surface area contributed by atoms with Gasteiger partial charge in [-0.05, 0) is 25.0 Å². The summed E-state index contributed by atoms with van der Waals surface area (Å²) in [6.07, 6.45) is 1.50. The van der Waals surface area contributed by atoms with Gasteiger partial charge >= 0.3 is 0 Å². The van der Waals surface area contributed by atoms with Crippen LogP contribution in [0.5, 0.6) is 5.75 Å². The molecule has 0 amide bonds. The second kappa shape index (κ2) is 7.36. The third-order valence-electron chi connectivity index (χ3n) is 3.64. The first kappa shape index (κ1) is 18.8. The summed E-state index contributed by atoms with van der Waals surface area (Å²) in [5.41, 5.74) is 0.832. The van der Waals surface area contributed by atoms with Crippen LogP contribution in [0.4, 0.5) is 8.78 Å². The fourth-order valence-corrected chi connectivity index (χ4v) is 1.70. The molecule has 0 aliphatic carbocycles. The van der Waals surface area contributed by atoms with E-state index in [1.54, 1.807) is 6.07 Å². The Bertz CT molecular complexity index is 453.